The van der Waals surface area contributed by atoms with Crippen LogP contribution in [0.15, 0.2) is 54.7 Å². The Bertz CT molecular complexity index is 1070. The highest BCUT2D eigenvalue weighted by atomic mass is 35.5. The number of hydrogen-bond acceptors (Lipinski definition) is 2. The number of hydrogen-bond donors (Lipinski definition) is 1. The average Bonchev–Trinajstić information content (AvgIpc) is 3.14. The third-order valence-electron chi connectivity index (χ3n) is 4.36. The van der Waals surface area contributed by atoms with Crippen molar-refractivity contribution in [3.63, 3.8) is 0 Å². The molecule has 0 aliphatic rings. The molecule has 0 saturated heterocycles. The Labute approximate surface area is 177 Å². The van der Waals surface area contributed by atoms with Crippen LogP contribution in [-0.2, 0) is 18.8 Å². The maximum Gasteiger partial charge on any atom is 0.434 e. The summed E-state index contributed by atoms with van der Waals surface area (Å²) in [7, 11) is 0. The Kier molecular flexibility index (Phi) is 6.30. The number of amides is 1. The van der Waals surface area contributed by atoms with E-state index in [2.05, 4.69) is 10.4 Å². The second kappa shape index (κ2) is 8.62. The minimum Gasteiger partial charge on any atom is -0.352 e. The molecule has 1 heterocycles. The molecular weight excluding hydrogens is 448 g/mol. The second-order valence-electron chi connectivity index (χ2n) is 6.45. The lowest BCUT2D eigenvalue weighted by molar-refractivity contribution is -0.143. The van der Waals surface area contributed by atoms with Crippen molar-refractivity contribution in [1.29, 1.82) is 0 Å². The van der Waals surface area contributed by atoms with Crippen molar-refractivity contribution in [2.24, 2.45) is 0 Å². The number of halogens is 7. The first-order chi connectivity index (χ1) is 14.5. The lowest BCUT2D eigenvalue weighted by Crippen LogP contribution is -2.28. The van der Waals surface area contributed by atoms with Gasteiger partial charge in [-0.05, 0) is 42.3 Å². The van der Waals surface area contributed by atoms with Crippen molar-refractivity contribution in [3.8, 4) is 5.69 Å². The number of benzene rings is 2. The summed E-state index contributed by atoms with van der Waals surface area (Å²) < 4.78 is 80.6. The predicted molar refractivity (Wildman–Crippen MR) is 101 cm³/mol. The summed E-state index contributed by atoms with van der Waals surface area (Å²) >= 11 is 5.75. The third-order valence-corrected chi connectivity index (χ3v) is 4.61. The molecule has 3 rings (SSSR count). The van der Waals surface area contributed by atoms with Gasteiger partial charge in [0.1, 0.15) is 0 Å². The zero-order valence-electron chi connectivity index (χ0n) is 15.6. The lowest BCUT2D eigenvalue weighted by Gasteiger charge is -2.14. The van der Waals surface area contributed by atoms with Crippen LogP contribution in [0.25, 0.3) is 5.69 Å². The van der Waals surface area contributed by atoms with E-state index in [9.17, 15) is 31.1 Å². The molecule has 0 aliphatic carbocycles. The van der Waals surface area contributed by atoms with Gasteiger partial charge in [0.05, 0.1) is 23.0 Å². The van der Waals surface area contributed by atoms with Crippen LogP contribution in [0.1, 0.15) is 27.2 Å². The molecule has 2 aromatic carbocycles. The summed E-state index contributed by atoms with van der Waals surface area (Å²) in [4.78, 5) is 12.4. The normalized spacial score (nSPS) is 12.1. The van der Waals surface area contributed by atoms with Gasteiger partial charge >= 0.3 is 12.4 Å². The average molecular weight is 462 g/mol. The fourth-order valence-corrected chi connectivity index (χ4v) is 3.11. The van der Waals surface area contributed by atoms with Gasteiger partial charge in [0.25, 0.3) is 5.91 Å². The van der Waals surface area contributed by atoms with E-state index in [1.807, 2.05) is 0 Å². The molecule has 31 heavy (non-hydrogen) atoms. The highest BCUT2D eigenvalue weighted by Gasteiger charge is 2.40. The maximum atomic E-state index is 13.6. The molecule has 0 unspecified atom stereocenters. The van der Waals surface area contributed by atoms with Crippen LogP contribution in [0, 0.1) is 0 Å². The number of carbonyl (C=O) groups excluding carboxylic acids is 1. The molecule has 1 N–H and O–H groups in total. The van der Waals surface area contributed by atoms with E-state index < -0.39 is 35.1 Å². The van der Waals surface area contributed by atoms with Crippen molar-refractivity contribution < 1.29 is 31.1 Å². The Hall–Kier alpha value is -3.01. The second-order valence-corrected chi connectivity index (χ2v) is 6.89. The Morgan fingerprint density at radius 1 is 0.968 bits per heavy atom. The minimum atomic E-state index is -4.91. The standard InChI is InChI=1S/C20H14ClF6N3O/c21-13-5-7-14(8-6-13)30-17(20(25,26)27)15(11-29-30)18(31)28-10-9-12-3-1-2-4-16(12)19(22,23)24/h1-8,11H,9-10H2,(H,28,31). The van der Waals surface area contributed by atoms with E-state index in [1.165, 1.54) is 42.5 Å². The summed E-state index contributed by atoms with van der Waals surface area (Å²) in [6.45, 7) is -0.296. The summed E-state index contributed by atoms with van der Waals surface area (Å²) in [5.41, 5.74) is -2.96. The van der Waals surface area contributed by atoms with Crippen molar-refractivity contribution in [3.05, 3.63) is 82.1 Å². The summed E-state index contributed by atoms with van der Waals surface area (Å²) in [5.74, 6) is -1.10. The van der Waals surface area contributed by atoms with Gasteiger partial charge in [-0.3, -0.25) is 4.79 Å². The van der Waals surface area contributed by atoms with Gasteiger partial charge < -0.3 is 5.32 Å². The predicted octanol–water partition coefficient (Wildman–Crippen LogP) is 5.54. The van der Waals surface area contributed by atoms with E-state index in [4.69, 9.17) is 11.6 Å². The Morgan fingerprint density at radius 2 is 1.61 bits per heavy atom. The molecule has 11 heteroatoms. The van der Waals surface area contributed by atoms with Gasteiger partial charge in [0.15, 0.2) is 5.69 Å². The highest BCUT2D eigenvalue weighted by Crippen LogP contribution is 2.34. The topological polar surface area (TPSA) is 46.9 Å². The SMILES string of the molecule is O=C(NCCc1ccccc1C(F)(F)F)c1cnn(-c2ccc(Cl)cc2)c1C(F)(F)F. The molecular formula is C20H14ClF6N3O. The maximum absolute atomic E-state index is 13.6. The number of alkyl halides is 6. The Morgan fingerprint density at radius 3 is 2.23 bits per heavy atom. The van der Waals surface area contributed by atoms with E-state index in [-0.39, 0.29) is 24.2 Å². The van der Waals surface area contributed by atoms with Gasteiger partial charge in [-0.25, -0.2) is 4.68 Å². The van der Waals surface area contributed by atoms with Crippen LogP contribution in [0.4, 0.5) is 26.3 Å². The molecule has 3 aromatic rings. The van der Waals surface area contributed by atoms with Crippen LogP contribution >= 0.6 is 11.6 Å². The smallest absolute Gasteiger partial charge is 0.352 e. The molecule has 1 aromatic heterocycles. The van der Waals surface area contributed by atoms with E-state index >= 15 is 0 Å². The van der Waals surface area contributed by atoms with Crippen molar-refractivity contribution >= 4 is 17.5 Å². The monoisotopic (exact) mass is 461 g/mol. The number of rotatable bonds is 5. The molecule has 0 spiro atoms. The van der Waals surface area contributed by atoms with Gasteiger partial charge in [-0.1, -0.05) is 29.8 Å². The van der Waals surface area contributed by atoms with Crippen LogP contribution in [0.3, 0.4) is 0 Å². The van der Waals surface area contributed by atoms with Gasteiger partial charge in [0, 0.05) is 11.6 Å². The third kappa shape index (κ3) is 5.19. The molecule has 0 fully saturated rings. The highest BCUT2D eigenvalue weighted by molar-refractivity contribution is 6.30. The molecule has 164 valence electrons. The van der Waals surface area contributed by atoms with Crippen molar-refractivity contribution in [2.75, 3.05) is 6.54 Å². The summed E-state index contributed by atoms with van der Waals surface area (Å²) in [6, 6.07) is 10.1. The zero-order chi connectivity index (χ0) is 22.8. The largest absolute Gasteiger partial charge is 0.434 e. The summed E-state index contributed by atoms with van der Waals surface area (Å²) in [5, 5.41) is 6.20. The number of carbonyl (C=O) groups is 1. The van der Waals surface area contributed by atoms with Crippen LogP contribution < -0.4 is 5.32 Å². The number of nitrogens with one attached hydrogen (secondary N) is 1. The van der Waals surface area contributed by atoms with E-state index in [0.29, 0.717) is 9.70 Å². The molecule has 4 nitrogen and oxygen atoms in total. The van der Waals surface area contributed by atoms with Gasteiger partial charge in [0.2, 0.25) is 0 Å². The fourth-order valence-electron chi connectivity index (χ4n) is 2.99. The molecule has 0 bridgehead atoms. The number of nitrogens with zero attached hydrogens (tertiary/aromatic N) is 2. The zero-order valence-corrected chi connectivity index (χ0v) is 16.3. The van der Waals surface area contributed by atoms with Crippen LogP contribution in [-0.4, -0.2) is 22.2 Å². The first-order valence-corrected chi connectivity index (χ1v) is 9.20. The van der Waals surface area contributed by atoms with Crippen molar-refractivity contribution in [2.45, 2.75) is 18.8 Å². The fraction of sp³-hybridized carbons (Fsp3) is 0.200. The van der Waals surface area contributed by atoms with Gasteiger partial charge in [-0.2, -0.15) is 31.4 Å². The minimum absolute atomic E-state index is 0.0369. The van der Waals surface area contributed by atoms with E-state index in [1.54, 1.807) is 0 Å². The quantitative estimate of drug-likeness (QED) is 0.507. The van der Waals surface area contributed by atoms with Gasteiger partial charge in [-0.15, -0.1) is 0 Å². The van der Waals surface area contributed by atoms with Crippen molar-refractivity contribution in [1.82, 2.24) is 15.1 Å². The van der Waals surface area contributed by atoms with Crippen LogP contribution in [0.5, 0.6) is 0 Å². The number of aromatic nitrogens is 2. The first-order valence-electron chi connectivity index (χ1n) is 8.83. The molecule has 0 saturated carbocycles. The first kappa shape index (κ1) is 22.7. The van der Waals surface area contributed by atoms with E-state index in [0.717, 1.165) is 12.3 Å². The molecule has 0 atom stereocenters. The Balaban J connectivity index is 1.81. The molecule has 0 aliphatic heterocycles. The lowest BCUT2D eigenvalue weighted by atomic mass is 10.0. The van der Waals surface area contributed by atoms with Crippen LogP contribution in [0.2, 0.25) is 5.02 Å². The molecule has 0 radical (unpaired) electrons. The molecule has 1 amide bonds. The summed E-state index contributed by atoms with van der Waals surface area (Å²) in [6.07, 6.45) is -8.94.